The minimum atomic E-state index is -3.55. The maximum absolute atomic E-state index is 12.4. The Kier molecular flexibility index (Phi) is 7.47. The van der Waals surface area contributed by atoms with Crippen molar-refractivity contribution in [1.82, 2.24) is 4.72 Å². The summed E-state index contributed by atoms with van der Waals surface area (Å²) in [6, 6.07) is 14.7. The molecule has 3 rings (SSSR count). The second-order valence-electron chi connectivity index (χ2n) is 7.74. The van der Waals surface area contributed by atoms with Gasteiger partial charge in [0.05, 0.1) is 17.5 Å². The number of anilines is 1. The van der Waals surface area contributed by atoms with Gasteiger partial charge in [-0.05, 0) is 54.2 Å². The summed E-state index contributed by atoms with van der Waals surface area (Å²) in [7, 11) is -3.55. The first kappa shape index (κ1) is 22.3. The maximum Gasteiger partial charge on any atom is 0.240 e. The summed E-state index contributed by atoms with van der Waals surface area (Å²) in [5.41, 5.74) is 8.98. The van der Waals surface area contributed by atoms with Crippen LogP contribution in [0.15, 0.2) is 58.4 Å². The number of hydrogen-bond acceptors (Lipinski definition) is 4. The molecule has 0 spiro atoms. The van der Waals surface area contributed by atoms with Crippen LogP contribution in [0.5, 0.6) is 0 Å². The van der Waals surface area contributed by atoms with Crippen LogP contribution in [0.2, 0.25) is 0 Å². The molecule has 2 aromatic rings. The van der Waals surface area contributed by atoms with Crippen molar-refractivity contribution in [2.24, 2.45) is 10.7 Å². The normalized spacial score (nSPS) is 17.4. The largest absolute Gasteiger partial charge is 0.377 e. The van der Waals surface area contributed by atoms with Gasteiger partial charge in [-0.1, -0.05) is 38.1 Å². The number of rotatable bonds is 8. The lowest BCUT2D eigenvalue weighted by atomic mass is 10.0. The zero-order valence-electron chi connectivity index (χ0n) is 17.5. The summed E-state index contributed by atoms with van der Waals surface area (Å²) in [5, 5.41) is 3.10. The Morgan fingerprint density at radius 2 is 2.00 bits per heavy atom. The average Bonchev–Trinajstić information content (AvgIpc) is 3.25. The first-order valence-corrected chi connectivity index (χ1v) is 11.7. The SMILES string of the molecule is CC(C)c1cccc(NC(N)=NCc2ccc(S(=O)(=O)NCC3CCCO3)cc2)c1. The predicted octanol–water partition coefficient (Wildman–Crippen LogP) is 3.19. The molecule has 1 saturated heterocycles. The number of hydrogen-bond donors (Lipinski definition) is 3. The molecule has 162 valence electrons. The minimum Gasteiger partial charge on any atom is -0.377 e. The molecule has 1 aliphatic heterocycles. The van der Waals surface area contributed by atoms with Crippen LogP contribution in [0.1, 0.15) is 43.7 Å². The third kappa shape index (κ3) is 6.29. The number of ether oxygens (including phenoxy) is 1. The van der Waals surface area contributed by atoms with E-state index in [2.05, 4.69) is 41.0 Å². The van der Waals surface area contributed by atoms with Crippen molar-refractivity contribution >= 4 is 21.7 Å². The van der Waals surface area contributed by atoms with E-state index in [-0.39, 0.29) is 11.0 Å². The Labute approximate surface area is 178 Å². The van der Waals surface area contributed by atoms with Crippen molar-refractivity contribution in [2.45, 2.75) is 50.2 Å². The second kappa shape index (κ2) is 10.1. The molecule has 0 aliphatic carbocycles. The molecule has 1 heterocycles. The van der Waals surface area contributed by atoms with Gasteiger partial charge >= 0.3 is 0 Å². The molecule has 1 atom stereocenters. The molecule has 1 unspecified atom stereocenters. The van der Waals surface area contributed by atoms with Crippen LogP contribution in [0.3, 0.4) is 0 Å². The number of nitrogens with zero attached hydrogens (tertiary/aromatic N) is 1. The summed E-state index contributed by atoms with van der Waals surface area (Å²) >= 11 is 0. The Bertz CT molecular complexity index is 966. The van der Waals surface area contributed by atoms with E-state index in [1.54, 1.807) is 24.3 Å². The molecule has 7 nitrogen and oxygen atoms in total. The van der Waals surface area contributed by atoms with E-state index in [0.29, 0.717) is 31.6 Å². The Morgan fingerprint density at radius 3 is 2.67 bits per heavy atom. The smallest absolute Gasteiger partial charge is 0.240 e. The third-order valence-corrected chi connectivity index (χ3v) is 6.46. The number of guanidine groups is 1. The number of nitrogens with one attached hydrogen (secondary N) is 2. The molecule has 1 aliphatic rings. The number of benzene rings is 2. The van der Waals surface area contributed by atoms with Gasteiger partial charge in [-0.15, -0.1) is 0 Å². The highest BCUT2D eigenvalue weighted by molar-refractivity contribution is 7.89. The van der Waals surface area contributed by atoms with E-state index >= 15 is 0 Å². The summed E-state index contributed by atoms with van der Waals surface area (Å²) in [4.78, 5) is 4.57. The molecule has 30 heavy (non-hydrogen) atoms. The first-order valence-electron chi connectivity index (χ1n) is 10.2. The fourth-order valence-corrected chi connectivity index (χ4v) is 4.27. The van der Waals surface area contributed by atoms with E-state index in [1.165, 1.54) is 5.56 Å². The van der Waals surface area contributed by atoms with Crippen molar-refractivity contribution in [3.05, 3.63) is 59.7 Å². The monoisotopic (exact) mass is 430 g/mol. The maximum atomic E-state index is 12.4. The van der Waals surface area contributed by atoms with Gasteiger partial charge in [-0.2, -0.15) is 0 Å². The lowest BCUT2D eigenvalue weighted by molar-refractivity contribution is 0.114. The molecule has 2 aromatic carbocycles. The number of sulfonamides is 1. The topological polar surface area (TPSA) is 106 Å². The summed E-state index contributed by atoms with van der Waals surface area (Å²) in [6.07, 6.45) is 1.82. The number of aliphatic imine (C=N–C) groups is 1. The van der Waals surface area contributed by atoms with Crippen LogP contribution in [-0.2, 0) is 21.3 Å². The van der Waals surface area contributed by atoms with Crippen LogP contribution in [-0.4, -0.2) is 33.6 Å². The highest BCUT2D eigenvalue weighted by atomic mass is 32.2. The zero-order valence-corrected chi connectivity index (χ0v) is 18.3. The van der Waals surface area contributed by atoms with Gasteiger partial charge in [-0.25, -0.2) is 18.1 Å². The van der Waals surface area contributed by atoms with Crippen molar-refractivity contribution in [3.63, 3.8) is 0 Å². The highest BCUT2D eigenvalue weighted by Gasteiger charge is 2.20. The molecule has 0 saturated carbocycles. The molecule has 1 fully saturated rings. The first-order chi connectivity index (χ1) is 14.3. The van der Waals surface area contributed by atoms with Crippen LogP contribution < -0.4 is 15.8 Å². The summed E-state index contributed by atoms with van der Waals surface area (Å²) < 4.78 is 32.9. The molecular formula is C22H30N4O3S. The molecule has 8 heteroatoms. The lowest BCUT2D eigenvalue weighted by Gasteiger charge is -2.12. The van der Waals surface area contributed by atoms with E-state index in [0.717, 1.165) is 24.1 Å². The quantitative estimate of drug-likeness (QED) is 0.441. The highest BCUT2D eigenvalue weighted by Crippen LogP contribution is 2.18. The Balaban J connectivity index is 1.56. The average molecular weight is 431 g/mol. The molecule has 0 amide bonds. The standard InChI is InChI=1S/C22H30N4O3S/c1-16(2)18-5-3-6-19(13-18)26-22(23)24-14-17-8-10-21(11-9-17)30(27,28)25-15-20-7-4-12-29-20/h3,5-6,8-11,13,16,20,25H,4,7,12,14-15H2,1-2H3,(H3,23,24,26). The van der Waals surface area contributed by atoms with Crippen LogP contribution in [0.25, 0.3) is 0 Å². The van der Waals surface area contributed by atoms with Crippen molar-refractivity contribution in [3.8, 4) is 0 Å². The number of nitrogens with two attached hydrogens (primary N) is 1. The fourth-order valence-electron chi connectivity index (χ4n) is 3.20. The predicted molar refractivity (Wildman–Crippen MR) is 120 cm³/mol. The van der Waals surface area contributed by atoms with Crippen LogP contribution in [0.4, 0.5) is 5.69 Å². The third-order valence-electron chi connectivity index (χ3n) is 5.02. The summed E-state index contributed by atoms with van der Waals surface area (Å²) in [6.45, 7) is 5.63. The van der Waals surface area contributed by atoms with Gasteiger partial charge in [0.1, 0.15) is 0 Å². The van der Waals surface area contributed by atoms with Gasteiger partial charge < -0.3 is 15.8 Å². The zero-order chi connectivity index (χ0) is 21.6. The second-order valence-corrected chi connectivity index (χ2v) is 9.50. The molecular weight excluding hydrogens is 400 g/mol. The van der Waals surface area contributed by atoms with E-state index in [4.69, 9.17) is 10.5 Å². The Hall–Kier alpha value is -2.42. The van der Waals surface area contributed by atoms with Crippen LogP contribution in [0, 0.1) is 0 Å². The van der Waals surface area contributed by atoms with E-state index < -0.39 is 10.0 Å². The van der Waals surface area contributed by atoms with Gasteiger partial charge in [0.2, 0.25) is 10.0 Å². The van der Waals surface area contributed by atoms with Gasteiger partial charge in [0.15, 0.2) is 5.96 Å². The van der Waals surface area contributed by atoms with Gasteiger partial charge in [0.25, 0.3) is 0 Å². The van der Waals surface area contributed by atoms with E-state index in [1.807, 2.05) is 12.1 Å². The van der Waals surface area contributed by atoms with Crippen molar-refractivity contribution < 1.29 is 13.2 Å². The van der Waals surface area contributed by atoms with Crippen molar-refractivity contribution in [2.75, 3.05) is 18.5 Å². The fraction of sp³-hybridized carbons (Fsp3) is 0.409. The molecule has 0 aromatic heterocycles. The molecule has 4 N–H and O–H groups in total. The van der Waals surface area contributed by atoms with E-state index in [9.17, 15) is 8.42 Å². The summed E-state index contributed by atoms with van der Waals surface area (Å²) in [5.74, 6) is 0.741. The molecule has 0 radical (unpaired) electrons. The minimum absolute atomic E-state index is 0.0370. The lowest BCUT2D eigenvalue weighted by Crippen LogP contribution is -2.31. The van der Waals surface area contributed by atoms with Gasteiger partial charge in [-0.3, -0.25) is 0 Å². The van der Waals surface area contributed by atoms with Gasteiger partial charge in [0, 0.05) is 18.8 Å². The van der Waals surface area contributed by atoms with Crippen molar-refractivity contribution in [1.29, 1.82) is 0 Å². The Morgan fingerprint density at radius 1 is 1.23 bits per heavy atom. The van der Waals surface area contributed by atoms with Crippen LogP contribution >= 0.6 is 0 Å². The molecule has 0 bridgehead atoms.